The van der Waals surface area contributed by atoms with Crippen molar-refractivity contribution in [2.24, 2.45) is 5.73 Å². The Morgan fingerprint density at radius 3 is 2.20 bits per heavy atom. The van der Waals surface area contributed by atoms with E-state index in [4.69, 9.17) is 17.3 Å². The first-order chi connectivity index (χ1) is 16.8. The van der Waals surface area contributed by atoms with E-state index < -0.39 is 11.9 Å². The zero-order valence-corrected chi connectivity index (χ0v) is 20.5. The van der Waals surface area contributed by atoms with E-state index in [0.29, 0.717) is 35.1 Å². The maximum absolute atomic E-state index is 13.4. The fourth-order valence-electron chi connectivity index (χ4n) is 3.70. The molecule has 0 bridgehead atoms. The molecular weight excluding hydrogens is 464 g/mol. The van der Waals surface area contributed by atoms with Crippen LogP contribution in [0.2, 0.25) is 5.02 Å². The van der Waals surface area contributed by atoms with E-state index in [-0.39, 0.29) is 18.2 Å². The van der Waals surface area contributed by atoms with Gasteiger partial charge in [-0.1, -0.05) is 54.9 Å². The van der Waals surface area contributed by atoms with Crippen LogP contribution in [-0.2, 0) is 9.59 Å². The Balaban J connectivity index is 1.71. The third-order valence-corrected chi connectivity index (χ3v) is 6.06. The molecule has 3 rings (SSSR count). The zero-order chi connectivity index (χ0) is 25.4. The average Bonchev–Trinajstić information content (AvgIpc) is 2.84. The molecule has 7 nitrogen and oxygen atoms in total. The molecule has 3 amide bonds. The summed E-state index contributed by atoms with van der Waals surface area (Å²) in [7, 11) is 0. The number of halogens is 1. The van der Waals surface area contributed by atoms with Gasteiger partial charge in [0, 0.05) is 34.9 Å². The van der Waals surface area contributed by atoms with Crippen LogP contribution in [0.5, 0.6) is 0 Å². The number of hydrogen-bond acceptors (Lipinski definition) is 4. The minimum atomic E-state index is -0.594. The molecule has 0 aromatic heterocycles. The lowest BCUT2D eigenvalue weighted by Crippen LogP contribution is -2.39. The van der Waals surface area contributed by atoms with E-state index in [1.54, 1.807) is 30.3 Å². The highest BCUT2D eigenvalue weighted by Crippen LogP contribution is 2.25. The Kier molecular flexibility index (Phi) is 9.00. The van der Waals surface area contributed by atoms with Gasteiger partial charge in [0.25, 0.3) is 0 Å². The van der Waals surface area contributed by atoms with E-state index in [1.165, 1.54) is 0 Å². The predicted octanol–water partition coefficient (Wildman–Crippen LogP) is 4.78. The molecule has 8 heteroatoms. The first kappa shape index (κ1) is 25.9. The average molecular weight is 493 g/mol. The molecule has 0 radical (unpaired) electrons. The number of aryl methyl sites for hydroxylation is 1. The predicted molar refractivity (Wildman–Crippen MR) is 139 cm³/mol. The van der Waals surface area contributed by atoms with Gasteiger partial charge >= 0.3 is 0 Å². The highest BCUT2D eigenvalue weighted by molar-refractivity contribution is 6.31. The lowest BCUT2D eigenvalue weighted by Gasteiger charge is -2.30. The molecule has 0 unspecified atom stereocenters. The van der Waals surface area contributed by atoms with Crippen LogP contribution in [-0.4, -0.2) is 35.7 Å². The van der Waals surface area contributed by atoms with Crippen molar-refractivity contribution >= 4 is 40.7 Å². The number of nitrogens with two attached hydrogens (primary N) is 1. The summed E-state index contributed by atoms with van der Waals surface area (Å²) in [5, 5.41) is 6.35. The fourth-order valence-corrected chi connectivity index (χ4v) is 3.88. The Labute approximate surface area is 210 Å². The van der Waals surface area contributed by atoms with Crippen molar-refractivity contribution in [2.45, 2.75) is 26.3 Å². The third kappa shape index (κ3) is 7.15. The second-order valence-corrected chi connectivity index (χ2v) is 8.54. The van der Waals surface area contributed by atoms with Crippen LogP contribution in [0.1, 0.15) is 40.9 Å². The molecule has 0 aliphatic carbocycles. The van der Waals surface area contributed by atoms with Gasteiger partial charge in [0.1, 0.15) is 6.04 Å². The zero-order valence-electron chi connectivity index (χ0n) is 19.8. The number of primary amides is 1. The van der Waals surface area contributed by atoms with Gasteiger partial charge < -0.3 is 16.4 Å². The number of nitrogens with zero attached hydrogens (tertiary/aromatic N) is 1. The van der Waals surface area contributed by atoms with Gasteiger partial charge in [0.2, 0.25) is 17.7 Å². The second-order valence-electron chi connectivity index (χ2n) is 8.13. The number of benzene rings is 3. The van der Waals surface area contributed by atoms with Crippen molar-refractivity contribution in [1.29, 1.82) is 0 Å². The molecule has 3 aromatic carbocycles. The van der Waals surface area contributed by atoms with Crippen LogP contribution >= 0.6 is 11.6 Å². The molecule has 0 saturated heterocycles. The molecule has 0 aliphatic rings. The monoisotopic (exact) mass is 492 g/mol. The molecule has 3 aromatic rings. The SMILES string of the molecule is CCN(CCC(=O)Nc1ccc(C(N)=O)cc1)[C@@H](C(=O)Nc1ccc(C)c(Cl)c1)c1ccccc1. The van der Waals surface area contributed by atoms with Gasteiger partial charge in [0.15, 0.2) is 0 Å². The summed E-state index contributed by atoms with van der Waals surface area (Å²) in [5.41, 5.74) is 8.55. The number of carbonyl (C=O) groups excluding carboxylic acids is 3. The molecule has 0 saturated carbocycles. The lowest BCUT2D eigenvalue weighted by atomic mass is 10.0. The number of rotatable bonds is 10. The quantitative estimate of drug-likeness (QED) is 0.379. The molecular formula is C27H29ClN4O3. The van der Waals surface area contributed by atoms with Crippen LogP contribution in [0.15, 0.2) is 72.8 Å². The number of anilines is 2. The van der Waals surface area contributed by atoms with Crippen molar-refractivity contribution < 1.29 is 14.4 Å². The fraction of sp³-hybridized carbons (Fsp3) is 0.222. The van der Waals surface area contributed by atoms with Crippen LogP contribution in [0.25, 0.3) is 0 Å². The largest absolute Gasteiger partial charge is 0.366 e. The van der Waals surface area contributed by atoms with Gasteiger partial charge in [-0.2, -0.15) is 0 Å². The normalized spacial score (nSPS) is 11.7. The third-order valence-electron chi connectivity index (χ3n) is 5.65. The van der Waals surface area contributed by atoms with E-state index in [0.717, 1.165) is 11.1 Å². The van der Waals surface area contributed by atoms with Crippen LogP contribution in [0, 0.1) is 6.92 Å². The Hall–Kier alpha value is -3.68. The van der Waals surface area contributed by atoms with Gasteiger partial charge in [0.05, 0.1) is 0 Å². The second kappa shape index (κ2) is 12.1. The maximum Gasteiger partial charge on any atom is 0.248 e. The molecule has 35 heavy (non-hydrogen) atoms. The minimum Gasteiger partial charge on any atom is -0.366 e. The molecule has 182 valence electrons. The van der Waals surface area contributed by atoms with Crippen molar-refractivity contribution in [3.63, 3.8) is 0 Å². The summed E-state index contributed by atoms with van der Waals surface area (Å²) >= 11 is 6.23. The van der Waals surface area contributed by atoms with Gasteiger partial charge in [-0.05, 0) is 61.0 Å². The molecule has 4 N–H and O–H groups in total. The summed E-state index contributed by atoms with van der Waals surface area (Å²) in [5.74, 6) is -0.937. The molecule has 0 spiro atoms. The minimum absolute atomic E-state index is 0.179. The van der Waals surface area contributed by atoms with Crippen LogP contribution in [0.3, 0.4) is 0 Å². The number of nitrogens with one attached hydrogen (secondary N) is 2. The topological polar surface area (TPSA) is 105 Å². The molecule has 0 aliphatic heterocycles. The first-order valence-electron chi connectivity index (χ1n) is 11.3. The number of likely N-dealkylation sites (N-methyl/N-ethyl adjacent to an activating group) is 1. The molecule has 0 heterocycles. The summed E-state index contributed by atoms with van der Waals surface area (Å²) < 4.78 is 0. The van der Waals surface area contributed by atoms with Crippen LogP contribution < -0.4 is 16.4 Å². The van der Waals surface area contributed by atoms with E-state index >= 15 is 0 Å². The number of carbonyl (C=O) groups is 3. The summed E-state index contributed by atoms with van der Waals surface area (Å²) in [4.78, 5) is 39.2. The smallest absolute Gasteiger partial charge is 0.248 e. The standard InChI is InChI=1S/C27H29ClN4O3/c1-3-32(16-15-24(33)30-21-13-10-20(11-14-21)26(29)34)25(19-7-5-4-6-8-19)27(35)31-22-12-9-18(2)23(28)17-22/h4-14,17,25H,3,15-16H2,1-2H3,(H2,29,34)(H,30,33)(H,31,35)/t25-/m1/s1. The van der Waals surface area contributed by atoms with Gasteiger partial charge in [-0.25, -0.2) is 0 Å². The summed E-state index contributed by atoms with van der Waals surface area (Å²) in [6, 6.07) is 20.6. The van der Waals surface area contributed by atoms with E-state index in [2.05, 4.69) is 10.6 Å². The van der Waals surface area contributed by atoms with Gasteiger partial charge in [-0.3, -0.25) is 19.3 Å². The Morgan fingerprint density at radius 1 is 0.943 bits per heavy atom. The summed E-state index contributed by atoms with van der Waals surface area (Å²) in [6.07, 6.45) is 0.179. The maximum atomic E-state index is 13.4. The Bertz CT molecular complexity index is 1180. The van der Waals surface area contributed by atoms with E-state index in [1.807, 2.05) is 61.2 Å². The van der Waals surface area contributed by atoms with Crippen LogP contribution in [0.4, 0.5) is 11.4 Å². The first-order valence-corrected chi connectivity index (χ1v) is 11.7. The van der Waals surface area contributed by atoms with Crippen molar-refractivity contribution in [1.82, 2.24) is 4.90 Å². The highest BCUT2D eigenvalue weighted by Gasteiger charge is 2.27. The Morgan fingerprint density at radius 2 is 1.60 bits per heavy atom. The van der Waals surface area contributed by atoms with Gasteiger partial charge in [-0.15, -0.1) is 0 Å². The lowest BCUT2D eigenvalue weighted by molar-refractivity contribution is -0.123. The molecule has 0 fully saturated rings. The van der Waals surface area contributed by atoms with Crippen molar-refractivity contribution in [3.05, 3.63) is 94.5 Å². The highest BCUT2D eigenvalue weighted by atomic mass is 35.5. The van der Waals surface area contributed by atoms with E-state index in [9.17, 15) is 14.4 Å². The van der Waals surface area contributed by atoms with Crippen molar-refractivity contribution in [3.8, 4) is 0 Å². The number of amides is 3. The van der Waals surface area contributed by atoms with Crippen molar-refractivity contribution in [2.75, 3.05) is 23.7 Å². The number of hydrogen-bond donors (Lipinski definition) is 3. The molecule has 1 atom stereocenters. The summed E-state index contributed by atoms with van der Waals surface area (Å²) in [6.45, 7) is 4.77.